The summed E-state index contributed by atoms with van der Waals surface area (Å²) in [6, 6.07) is 2.15. The van der Waals surface area contributed by atoms with Crippen molar-refractivity contribution in [3.8, 4) is 0 Å². The Bertz CT molecular complexity index is 498. The molecule has 0 aromatic carbocycles. The predicted molar refractivity (Wildman–Crippen MR) is 69.2 cm³/mol. The molecule has 98 valence electrons. The van der Waals surface area contributed by atoms with Gasteiger partial charge in [0, 0.05) is 6.54 Å². The maximum atomic E-state index is 4.54. The van der Waals surface area contributed by atoms with Crippen molar-refractivity contribution >= 4 is 0 Å². The van der Waals surface area contributed by atoms with E-state index in [-0.39, 0.29) is 0 Å². The first-order valence-electron chi connectivity index (χ1n) is 6.35. The molecule has 2 aromatic heterocycles. The van der Waals surface area contributed by atoms with Crippen LogP contribution in [0.2, 0.25) is 0 Å². The second-order valence-electron chi connectivity index (χ2n) is 4.16. The summed E-state index contributed by atoms with van der Waals surface area (Å²) in [6.07, 6.45) is 2.56. The number of aromatic nitrogens is 5. The molecule has 0 saturated carbocycles. The van der Waals surface area contributed by atoms with Gasteiger partial charge in [0.2, 0.25) is 0 Å². The molecule has 2 aromatic rings. The lowest BCUT2D eigenvalue weighted by atomic mass is 10.3. The zero-order chi connectivity index (χ0) is 13.0. The first-order valence-corrected chi connectivity index (χ1v) is 6.35. The molecule has 18 heavy (non-hydrogen) atoms. The third kappa shape index (κ3) is 2.59. The Kier molecular flexibility index (Phi) is 4.09. The molecule has 1 N–H and O–H groups in total. The predicted octanol–water partition coefficient (Wildman–Crippen LogP) is 0.825. The van der Waals surface area contributed by atoms with Crippen molar-refractivity contribution in [2.24, 2.45) is 0 Å². The first kappa shape index (κ1) is 12.8. The van der Waals surface area contributed by atoms with Crippen LogP contribution in [0.15, 0.2) is 12.4 Å². The fourth-order valence-corrected chi connectivity index (χ4v) is 1.96. The Morgan fingerprint density at radius 1 is 1.28 bits per heavy atom. The fourth-order valence-electron chi connectivity index (χ4n) is 1.96. The van der Waals surface area contributed by atoms with Gasteiger partial charge in [-0.3, -0.25) is 4.68 Å². The Labute approximate surface area is 107 Å². The van der Waals surface area contributed by atoms with E-state index in [4.69, 9.17) is 0 Å². The lowest BCUT2D eigenvalue weighted by Gasteiger charge is -2.07. The Hall–Kier alpha value is -1.69. The number of hydrogen-bond acceptors (Lipinski definition) is 4. The standard InChI is InChI=1S/C12H20N6/c1-4-10-6-11(17(5-2)16-10)8-18-12(7-13-3)14-9-15-18/h6,9,13H,4-5,7-8H2,1-3H3. The highest BCUT2D eigenvalue weighted by Crippen LogP contribution is 2.08. The SMILES string of the molecule is CCc1cc(Cn2ncnc2CNC)n(CC)n1. The molecule has 0 aliphatic heterocycles. The Balaban J connectivity index is 2.22. The summed E-state index contributed by atoms with van der Waals surface area (Å²) in [5, 5.41) is 11.9. The molecular formula is C12H20N6. The van der Waals surface area contributed by atoms with Gasteiger partial charge in [0.25, 0.3) is 0 Å². The summed E-state index contributed by atoms with van der Waals surface area (Å²) < 4.78 is 3.95. The van der Waals surface area contributed by atoms with E-state index in [1.807, 2.05) is 16.4 Å². The summed E-state index contributed by atoms with van der Waals surface area (Å²) in [6.45, 7) is 6.55. The summed E-state index contributed by atoms with van der Waals surface area (Å²) in [4.78, 5) is 4.24. The molecule has 0 aliphatic rings. The molecule has 0 unspecified atom stereocenters. The van der Waals surface area contributed by atoms with E-state index in [0.717, 1.165) is 37.6 Å². The molecule has 2 rings (SSSR count). The minimum atomic E-state index is 0.720. The van der Waals surface area contributed by atoms with Crippen molar-refractivity contribution < 1.29 is 0 Å². The topological polar surface area (TPSA) is 60.6 Å². The van der Waals surface area contributed by atoms with E-state index in [9.17, 15) is 0 Å². The number of aryl methyl sites for hydroxylation is 2. The van der Waals surface area contributed by atoms with Gasteiger partial charge >= 0.3 is 0 Å². The van der Waals surface area contributed by atoms with Crippen molar-refractivity contribution in [1.82, 2.24) is 29.9 Å². The molecule has 2 heterocycles. The summed E-state index contributed by atoms with van der Waals surface area (Å²) in [7, 11) is 1.91. The largest absolute Gasteiger partial charge is 0.313 e. The van der Waals surface area contributed by atoms with E-state index in [1.54, 1.807) is 6.33 Å². The molecule has 0 bridgehead atoms. The highest BCUT2D eigenvalue weighted by molar-refractivity contribution is 5.11. The van der Waals surface area contributed by atoms with Gasteiger partial charge in [-0.2, -0.15) is 10.2 Å². The van der Waals surface area contributed by atoms with Gasteiger partial charge in [0.1, 0.15) is 12.2 Å². The first-order chi connectivity index (χ1) is 8.78. The van der Waals surface area contributed by atoms with Crippen molar-refractivity contribution in [2.45, 2.75) is 39.9 Å². The Morgan fingerprint density at radius 2 is 2.11 bits per heavy atom. The second kappa shape index (κ2) is 5.77. The molecule has 6 heteroatoms. The fraction of sp³-hybridized carbons (Fsp3) is 0.583. The highest BCUT2D eigenvalue weighted by Gasteiger charge is 2.09. The molecule has 0 atom stereocenters. The number of rotatable bonds is 6. The van der Waals surface area contributed by atoms with E-state index < -0.39 is 0 Å². The zero-order valence-corrected chi connectivity index (χ0v) is 11.2. The molecule has 0 spiro atoms. The Morgan fingerprint density at radius 3 is 2.78 bits per heavy atom. The minimum Gasteiger partial charge on any atom is -0.313 e. The van der Waals surface area contributed by atoms with Gasteiger partial charge in [-0.1, -0.05) is 6.92 Å². The van der Waals surface area contributed by atoms with Gasteiger partial charge in [-0.25, -0.2) is 9.67 Å². The maximum absolute atomic E-state index is 4.54. The van der Waals surface area contributed by atoms with Crippen LogP contribution in [-0.2, 0) is 26.1 Å². The van der Waals surface area contributed by atoms with E-state index in [2.05, 4.69) is 40.4 Å². The molecular weight excluding hydrogens is 228 g/mol. The van der Waals surface area contributed by atoms with Crippen LogP contribution >= 0.6 is 0 Å². The smallest absolute Gasteiger partial charge is 0.141 e. The van der Waals surface area contributed by atoms with Crippen LogP contribution in [0.1, 0.15) is 31.1 Å². The van der Waals surface area contributed by atoms with E-state index in [1.165, 1.54) is 5.69 Å². The lowest BCUT2D eigenvalue weighted by molar-refractivity contribution is 0.551. The van der Waals surface area contributed by atoms with Gasteiger partial charge < -0.3 is 5.32 Å². The molecule has 0 radical (unpaired) electrons. The summed E-state index contributed by atoms with van der Waals surface area (Å²) >= 11 is 0. The van der Waals surface area contributed by atoms with E-state index in [0.29, 0.717) is 0 Å². The average Bonchev–Trinajstić information content (AvgIpc) is 2.97. The van der Waals surface area contributed by atoms with Crippen LogP contribution < -0.4 is 5.32 Å². The third-order valence-corrected chi connectivity index (χ3v) is 2.92. The van der Waals surface area contributed by atoms with Crippen LogP contribution in [-0.4, -0.2) is 31.6 Å². The van der Waals surface area contributed by atoms with Crippen LogP contribution in [0.3, 0.4) is 0 Å². The van der Waals surface area contributed by atoms with Gasteiger partial charge in [0.05, 0.1) is 24.5 Å². The minimum absolute atomic E-state index is 0.720. The number of nitrogens with zero attached hydrogens (tertiary/aromatic N) is 5. The van der Waals surface area contributed by atoms with Crippen LogP contribution in [0, 0.1) is 0 Å². The molecule has 0 amide bonds. The highest BCUT2D eigenvalue weighted by atomic mass is 15.4. The summed E-state index contributed by atoms with van der Waals surface area (Å²) in [5.41, 5.74) is 2.30. The zero-order valence-electron chi connectivity index (χ0n) is 11.2. The number of nitrogens with one attached hydrogen (secondary N) is 1. The molecule has 6 nitrogen and oxygen atoms in total. The number of hydrogen-bond donors (Lipinski definition) is 1. The van der Waals surface area contributed by atoms with Gasteiger partial charge in [-0.15, -0.1) is 0 Å². The quantitative estimate of drug-likeness (QED) is 0.822. The van der Waals surface area contributed by atoms with Crippen molar-refractivity contribution in [3.05, 3.63) is 29.6 Å². The van der Waals surface area contributed by atoms with Crippen LogP contribution in [0.4, 0.5) is 0 Å². The van der Waals surface area contributed by atoms with E-state index >= 15 is 0 Å². The van der Waals surface area contributed by atoms with Crippen LogP contribution in [0.5, 0.6) is 0 Å². The molecule has 0 saturated heterocycles. The van der Waals surface area contributed by atoms with Crippen molar-refractivity contribution in [3.63, 3.8) is 0 Å². The molecule has 0 fully saturated rings. The van der Waals surface area contributed by atoms with Crippen molar-refractivity contribution in [2.75, 3.05) is 7.05 Å². The normalized spacial score (nSPS) is 11.1. The molecule has 0 aliphatic carbocycles. The van der Waals surface area contributed by atoms with Crippen LogP contribution in [0.25, 0.3) is 0 Å². The average molecular weight is 248 g/mol. The van der Waals surface area contributed by atoms with Crippen molar-refractivity contribution in [1.29, 1.82) is 0 Å². The second-order valence-corrected chi connectivity index (χ2v) is 4.16. The van der Waals surface area contributed by atoms with Gasteiger partial charge in [-0.05, 0) is 26.5 Å². The monoisotopic (exact) mass is 248 g/mol. The van der Waals surface area contributed by atoms with Gasteiger partial charge in [0.15, 0.2) is 0 Å². The maximum Gasteiger partial charge on any atom is 0.141 e. The summed E-state index contributed by atoms with van der Waals surface area (Å²) in [5.74, 6) is 0.944. The third-order valence-electron chi connectivity index (χ3n) is 2.92. The lowest BCUT2D eigenvalue weighted by Crippen LogP contribution is -2.15.